The third-order valence-electron chi connectivity index (χ3n) is 6.03. The first-order valence-electron chi connectivity index (χ1n) is 10.4. The van der Waals surface area contributed by atoms with Crippen LogP contribution < -0.4 is 0 Å². The molecular formula is C22H35NO4S. The van der Waals surface area contributed by atoms with Gasteiger partial charge in [-0.05, 0) is 50.5 Å². The lowest BCUT2D eigenvalue weighted by Gasteiger charge is -2.39. The van der Waals surface area contributed by atoms with Gasteiger partial charge >= 0.3 is 0 Å². The summed E-state index contributed by atoms with van der Waals surface area (Å²) in [6.45, 7) is 4.12. The summed E-state index contributed by atoms with van der Waals surface area (Å²) in [5, 5.41) is 0. The number of rotatable bonds is 6. The number of allylic oxidation sites excluding steroid dienone is 2. The topological polar surface area (TPSA) is 66.4 Å². The van der Waals surface area contributed by atoms with Gasteiger partial charge in [0, 0.05) is 12.3 Å². The lowest BCUT2D eigenvalue weighted by molar-refractivity contribution is -0.914. The summed E-state index contributed by atoms with van der Waals surface area (Å²) in [5.74, 6) is 0.665. The molecule has 0 spiro atoms. The van der Waals surface area contributed by atoms with E-state index in [0.717, 1.165) is 7.11 Å². The Kier molecular flexibility index (Phi) is 9.15. The Labute approximate surface area is 170 Å². The average Bonchev–Trinajstić information content (AvgIpc) is 2.70. The van der Waals surface area contributed by atoms with Crippen LogP contribution in [-0.4, -0.2) is 51.2 Å². The van der Waals surface area contributed by atoms with Gasteiger partial charge in [-0.2, -0.15) is 0 Å². The van der Waals surface area contributed by atoms with Crippen LogP contribution in [0.15, 0.2) is 42.0 Å². The molecule has 0 bridgehead atoms. The van der Waals surface area contributed by atoms with E-state index in [1.54, 1.807) is 11.1 Å². The van der Waals surface area contributed by atoms with Crippen LogP contribution in [0.5, 0.6) is 0 Å². The maximum absolute atomic E-state index is 9.22. The summed E-state index contributed by atoms with van der Waals surface area (Å²) in [5.41, 5.74) is 3.26. The molecule has 1 atom stereocenters. The molecule has 1 heterocycles. The Hall–Kier alpha value is -1.21. The van der Waals surface area contributed by atoms with Crippen molar-refractivity contribution in [3.63, 3.8) is 0 Å². The van der Waals surface area contributed by atoms with Crippen molar-refractivity contribution in [2.24, 2.45) is 0 Å². The maximum atomic E-state index is 9.22. The van der Waals surface area contributed by atoms with Gasteiger partial charge in [0.2, 0.25) is 10.4 Å². The smallest absolute Gasteiger partial charge is 0.217 e. The van der Waals surface area contributed by atoms with Crippen molar-refractivity contribution in [3.8, 4) is 0 Å². The first-order valence-corrected chi connectivity index (χ1v) is 11.8. The van der Waals surface area contributed by atoms with E-state index in [1.807, 2.05) is 0 Å². The number of hydrogen-bond donors (Lipinski definition) is 0. The second-order valence-electron chi connectivity index (χ2n) is 8.20. The zero-order valence-corrected chi connectivity index (χ0v) is 18.1. The number of benzene rings is 1. The Balaban J connectivity index is 0.000000409. The first-order chi connectivity index (χ1) is 13.3. The highest BCUT2D eigenvalue weighted by Crippen LogP contribution is 2.35. The minimum absolute atomic E-state index is 0.665. The van der Waals surface area contributed by atoms with E-state index in [0.29, 0.717) is 5.92 Å². The number of hydrogen-bond acceptors (Lipinski definition) is 4. The van der Waals surface area contributed by atoms with Crippen LogP contribution in [0, 0.1) is 0 Å². The number of piperidine rings is 1. The highest BCUT2D eigenvalue weighted by Gasteiger charge is 2.27. The van der Waals surface area contributed by atoms with Gasteiger partial charge in [-0.25, -0.2) is 8.42 Å². The predicted molar refractivity (Wildman–Crippen MR) is 112 cm³/mol. The third kappa shape index (κ3) is 8.03. The van der Waals surface area contributed by atoms with Crippen molar-refractivity contribution in [1.29, 1.82) is 0 Å². The highest BCUT2D eigenvalue weighted by molar-refractivity contribution is 7.80. The highest BCUT2D eigenvalue weighted by atomic mass is 32.3. The van der Waals surface area contributed by atoms with Crippen LogP contribution >= 0.6 is 0 Å². The van der Waals surface area contributed by atoms with Crippen molar-refractivity contribution < 1.29 is 21.6 Å². The molecule has 1 fully saturated rings. The molecule has 6 heteroatoms. The molecule has 0 saturated carbocycles. The molecule has 1 aliphatic heterocycles. The molecule has 28 heavy (non-hydrogen) atoms. The zero-order valence-electron chi connectivity index (χ0n) is 17.3. The molecule has 0 amide bonds. The van der Waals surface area contributed by atoms with Gasteiger partial charge in [0.1, 0.15) is 0 Å². The summed E-state index contributed by atoms with van der Waals surface area (Å²) in [6, 6.07) is 11.3. The van der Waals surface area contributed by atoms with Crippen molar-refractivity contribution in [3.05, 3.63) is 47.5 Å². The first kappa shape index (κ1) is 23.1. The van der Waals surface area contributed by atoms with E-state index >= 15 is 0 Å². The molecule has 1 saturated heterocycles. The number of likely N-dealkylation sites (tertiary alicyclic amines) is 1. The summed E-state index contributed by atoms with van der Waals surface area (Å²) in [4.78, 5) is 0. The molecule has 0 aromatic heterocycles. The van der Waals surface area contributed by atoms with E-state index in [2.05, 4.69) is 47.6 Å². The Morgan fingerprint density at radius 1 is 1.07 bits per heavy atom. The van der Waals surface area contributed by atoms with Crippen molar-refractivity contribution in [2.75, 3.05) is 33.8 Å². The fraction of sp³-hybridized carbons (Fsp3) is 0.636. The fourth-order valence-corrected chi connectivity index (χ4v) is 4.37. The fourth-order valence-electron chi connectivity index (χ4n) is 4.37. The standard InChI is InChI=1S/C21H32N.CH4O4S/c1-22(16-9-4-10-17-22)18-15-21(19-11-5-2-6-12-19)20-13-7-3-8-14-20;1-5-6(2,3)4/h2,5-6,11-13,21H,3-4,7-10,14-18H2,1H3;1H3,(H,2,3,4)/q+1;/p-1/t21-;/m0./s1. The van der Waals surface area contributed by atoms with Gasteiger partial charge in [0.05, 0.1) is 33.8 Å². The lowest BCUT2D eigenvalue weighted by Crippen LogP contribution is -2.48. The van der Waals surface area contributed by atoms with Gasteiger partial charge in [-0.3, -0.25) is 4.18 Å². The van der Waals surface area contributed by atoms with Crippen molar-refractivity contribution in [2.45, 2.75) is 57.3 Å². The van der Waals surface area contributed by atoms with Crippen LogP contribution in [0.25, 0.3) is 0 Å². The SMILES string of the molecule is COS(=O)(=O)[O-].C[N+]1(CC[C@H](C2=CCCCC2)c2ccccc2)CCCCC1. The minimum atomic E-state index is -4.41. The van der Waals surface area contributed by atoms with Gasteiger partial charge in [-0.15, -0.1) is 0 Å². The number of quaternary nitrogens is 1. The summed E-state index contributed by atoms with van der Waals surface area (Å²) < 4.78 is 32.3. The quantitative estimate of drug-likeness (QED) is 0.303. The second kappa shape index (κ2) is 11.1. The Morgan fingerprint density at radius 3 is 2.25 bits per heavy atom. The number of nitrogens with zero attached hydrogens (tertiary/aromatic N) is 1. The van der Waals surface area contributed by atoms with Crippen LogP contribution in [0.3, 0.4) is 0 Å². The van der Waals surface area contributed by atoms with E-state index in [9.17, 15) is 13.0 Å². The average molecular weight is 410 g/mol. The summed E-state index contributed by atoms with van der Waals surface area (Å²) in [7, 11) is -1.12. The Bertz CT molecular complexity index is 709. The molecule has 2 aliphatic rings. The van der Waals surface area contributed by atoms with Crippen LogP contribution in [0.2, 0.25) is 0 Å². The van der Waals surface area contributed by atoms with Gasteiger partial charge in [0.25, 0.3) is 0 Å². The lowest BCUT2D eigenvalue weighted by atomic mass is 9.82. The second-order valence-corrected chi connectivity index (χ2v) is 9.35. The molecule has 0 radical (unpaired) electrons. The van der Waals surface area contributed by atoms with Crippen molar-refractivity contribution in [1.82, 2.24) is 0 Å². The molecule has 5 nitrogen and oxygen atoms in total. The van der Waals surface area contributed by atoms with Crippen LogP contribution in [0.4, 0.5) is 0 Å². The van der Waals surface area contributed by atoms with E-state index < -0.39 is 10.4 Å². The Morgan fingerprint density at radius 2 is 1.71 bits per heavy atom. The zero-order chi connectivity index (χ0) is 20.5. The van der Waals surface area contributed by atoms with Crippen molar-refractivity contribution >= 4 is 10.4 Å². The molecule has 0 unspecified atom stereocenters. The monoisotopic (exact) mass is 409 g/mol. The molecule has 3 rings (SSSR count). The van der Waals surface area contributed by atoms with Gasteiger partial charge in [-0.1, -0.05) is 42.0 Å². The predicted octanol–water partition coefficient (Wildman–Crippen LogP) is 4.38. The largest absolute Gasteiger partial charge is 0.726 e. The molecule has 158 valence electrons. The molecule has 1 aromatic carbocycles. The van der Waals surface area contributed by atoms with Gasteiger partial charge in [0.15, 0.2) is 0 Å². The summed E-state index contributed by atoms with van der Waals surface area (Å²) in [6.07, 6.45) is 13.6. The molecule has 1 aliphatic carbocycles. The van der Waals surface area contributed by atoms with Gasteiger partial charge < -0.3 is 9.04 Å². The minimum Gasteiger partial charge on any atom is -0.726 e. The molecular weight excluding hydrogens is 374 g/mol. The van der Waals surface area contributed by atoms with E-state index in [-0.39, 0.29) is 0 Å². The van der Waals surface area contributed by atoms with Crippen LogP contribution in [-0.2, 0) is 14.6 Å². The van der Waals surface area contributed by atoms with E-state index in [1.165, 1.54) is 75.5 Å². The van der Waals surface area contributed by atoms with E-state index in [4.69, 9.17) is 0 Å². The normalized spacial score (nSPS) is 20.5. The maximum Gasteiger partial charge on any atom is 0.217 e. The molecule has 0 N–H and O–H groups in total. The summed E-state index contributed by atoms with van der Waals surface area (Å²) >= 11 is 0. The van der Waals surface area contributed by atoms with Crippen LogP contribution in [0.1, 0.15) is 62.8 Å². The molecule has 1 aromatic rings. The third-order valence-corrected chi connectivity index (χ3v) is 6.44.